The first kappa shape index (κ1) is 21.8. The topological polar surface area (TPSA) is 61.2 Å². The van der Waals surface area contributed by atoms with Crippen LogP contribution >= 0.6 is 11.8 Å². The summed E-state index contributed by atoms with van der Waals surface area (Å²) in [5.74, 6) is 2.40. The predicted octanol–water partition coefficient (Wildman–Crippen LogP) is 6.19. The van der Waals surface area contributed by atoms with Gasteiger partial charge in [0.15, 0.2) is 0 Å². The van der Waals surface area contributed by atoms with E-state index in [-0.39, 0.29) is 12.1 Å². The Bertz CT molecular complexity index is 1440. The smallest absolute Gasteiger partial charge is 0.227 e. The molecular weight excluding hydrogens is 456 g/mol. The molecule has 2 aliphatic heterocycles. The molecule has 2 atom stereocenters. The molecule has 3 aromatic carbocycles. The van der Waals surface area contributed by atoms with Gasteiger partial charge in [-0.25, -0.2) is 4.68 Å². The predicted molar refractivity (Wildman–Crippen MR) is 139 cm³/mol. The molecule has 0 saturated heterocycles. The fourth-order valence-corrected chi connectivity index (χ4v) is 5.18. The number of aryl methyl sites for hydroxylation is 2. The molecule has 7 heteroatoms. The van der Waals surface area contributed by atoms with Crippen LogP contribution in [-0.4, -0.2) is 28.1 Å². The summed E-state index contributed by atoms with van der Waals surface area (Å²) < 4.78 is 14.2. The molecule has 0 unspecified atom stereocenters. The van der Waals surface area contributed by atoms with E-state index >= 15 is 0 Å². The number of anilines is 1. The van der Waals surface area contributed by atoms with E-state index in [1.165, 1.54) is 22.9 Å². The summed E-state index contributed by atoms with van der Waals surface area (Å²) in [5, 5.41) is 9.21. The lowest BCUT2D eigenvalue weighted by Gasteiger charge is -2.39. The molecular formula is C28H26N4O2S. The van der Waals surface area contributed by atoms with Gasteiger partial charge < -0.3 is 14.8 Å². The zero-order valence-corrected chi connectivity index (χ0v) is 20.9. The highest BCUT2D eigenvalue weighted by molar-refractivity contribution is 7.98. The maximum absolute atomic E-state index is 6.74. The third kappa shape index (κ3) is 3.67. The largest absolute Gasteiger partial charge is 0.497 e. The van der Waals surface area contributed by atoms with Gasteiger partial charge in [0, 0.05) is 11.1 Å². The van der Waals surface area contributed by atoms with Crippen molar-refractivity contribution < 1.29 is 9.47 Å². The van der Waals surface area contributed by atoms with Crippen LogP contribution in [0.25, 0.3) is 5.70 Å². The van der Waals surface area contributed by atoms with Crippen LogP contribution in [0.2, 0.25) is 0 Å². The van der Waals surface area contributed by atoms with Gasteiger partial charge in [0.2, 0.25) is 11.1 Å². The Morgan fingerprint density at radius 3 is 2.37 bits per heavy atom. The van der Waals surface area contributed by atoms with E-state index in [0.29, 0.717) is 0 Å². The van der Waals surface area contributed by atoms with Crippen molar-refractivity contribution in [1.82, 2.24) is 14.8 Å². The van der Waals surface area contributed by atoms with Crippen LogP contribution in [0.15, 0.2) is 77.5 Å². The van der Waals surface area contributed by atoms with Crippen molar-refractivity contribution in [1.29, 1.82) is 0 Å². The molecule has 2 aliphatic rings. The van der Waals surface area contributed by atoms with Crippen molar-refractivity contribution in [2.75, 3.05) is 18.7 Å². The lowest BCUT2D eigenvalue weighted by Crippen LogP contribution is -2.32. The molecule has 35 heavy (non-hydrogen) atoms. The van der Waals surface area contributed by atoms with Crippen LogP contribution in [0.5, 0.6) is 11.5 Å². The summed E-state index contributed by atoms with van der Waals surface area (Å²) in [5.41, 5.74) is 7.77. The molecule has 4 aromatic rings. The van der Waals surface area contributed by atoms with Crippen molar-refractivity contribution >= 4 is 23.4 Å². The number of methoxy groups -OCH3 is 1. The second kappa shape index (κ2) is 8.50. The molecule has 1 N–H and O–H groups in total. The van der Waals surface area contributed by atoms with Crippen LogP contribution in [0, 0.1) is 13.8 Å². The Labute approximate surface area is 209 Å². The van der Waals surface area contributed by atoms with Gasteiger partial charge in [-0.1, -0.05) is 65.4 Å². The Morgan fingerprint density at radius 1 is 0.943 bits per heavy atom. The zero-order chi connectivity index (χ0) is 24.1. The summed E-state index contributed by atoms with van der Waals surface area (Å²) in [4.78, 5) is 4.78. The zero-order valence-electron chi connectivity index (χ0n) is 20.1. The lowest BCUT2D eigenvalue weighted by atomic mass is 9.84. The van der Waals surface area contributed by atoms with E-state index in [9.17, 15) is 0 Å². The number of fused-ring (bicyclic) bond motifs is 3. The molecule has 3 heterocycles. The second-order valence-corrected chi connectivity index (χ2v) is 9.68. The number of ether oxygens (including phenoxy) is 2. The van der Waals surface area contributed by atoms with E-state index in [4.69, 9.17) is 19.6 Å². The maximum atomic E-state index is 6.74. The van der Waals surface area contributed by atoms with Gasteiger partial charge in [0.1, 0.15) is 23.6 Å². The minimum atomic E-state index is -0.282. The van der Waals surface area contributed by atoms with Crippen LogP contribution in [0.3, 0.4) is 0 Å². The number of aromatic nitrogens is 3. The Hall–Kier alpha value is -3.71. The first-order valence-corrected chi connectivity index (χ1v) is 12.8. The molecule has 6 rings (SSSR count). The summed E-state index contributed by atoms with van der Waals surface area (Å²) in [6.45, 7) is 4.20. The van der Waals surface area contributed by atoms with Gasteiger partial charge in [0.25, 0.3) is 0 Å². The van der Waals surface area contributed by atoms with Gasteiger partial charge in [-0.2, -0.15) is 4.98 Å². The van der Waals surface area contributed by atoms with Crippen LogP contribution in [0.4, 0.5) is 5.95 Å². The van der Waals surface area contributed by atoms with Crippen molar-refractivity contribution in [3.8, 4) is 11.5 Å². The molecule has 176 valence electrons. The highest BCUT2D eigenvalue weighted by Crippen LogP contribution is 2.51. The van der Waals surface area contributed by atoms with Crippen molar-refractivity contribution in [2.45, 2.75) is 31.1 Å². The maximum Gasteiger partial charge on any atom is 0.227 e. The Kier molecular flexibility index (Phi) is 5.29. The molecule has 0 saturated carbocycles. The normalized spacial score (nSPS) is 18.2. The molecule has 0 spiro atoms. The third-order valence-electron chi connectivity index (χ3n) is 6.60. The molecule has 1 aromatic heterocycles. The third-order valence-corrected chi connectivity index (χ3v) is 7.14. The quantitative estimate of drug-likeness (QED) is 0.350. The lowest BCUT2D eigenvalue weighted by molar-refractivity contribution is 0.223. The van der Waals surface area contributed by atoms with E-state index < -0.39 is 0 Å². The highest BCUT2D eigenvalue weighted by atomic mass is 32.2. The number of nitrogens with zero attached hydrogens (tertiary/aromatic N) is 3. The number of hydrogen-bond acceptors (Lipinski definition) is 6. The van der Waals surface area contributed by atoms with Crippen molar-refractivity contribution in [3.63, 3.8) is 0 Å². The summed E-state index contributed by atoms with van der Waals surface area (Å²) in [6.07, 6.45) is 1.71. The summed E-state index contributed by atoms with van der Waals surface area (Å²) >= 11 is 1.53. The van der Waals surface area contributed by atoms with E-state index in [0.717, 1.165) is 50.6 Å². The number of nitrogens with one attached hydrogen (secondary N) is 1. The van der Waals surface area contributed by atoms with E-state index in [1.54, 1.807) is 7.11 Å². The van der Waals surface area contributed by atoms with Gasteiger partial charge in [-0.15, -0.1) is 5.10 Å². The van der Waals surface area contributed by atoms with Crippen LogP contribution in [0.1, 0.15) is 40.0 Å². The first-order chi connectivity index (χ1) is 17.1. The fourth-order valence-electron chi connectivity index (χ4n) is 4.83. The first-order valence-electron chi connectivity index (χ1n) is 11.6. The average molecular weight is 483 g/mol. The number of rotatable bonds is 4. The average Bonchev–Trinajstić information content (AvgIpc) is 3.31. The second-order valence-electron chi connectivity index (χ2n) is 8.91. The monoisotopic (exact) mass is 482 g/mol. The highest BCUT2D eigenvalue weighted by Gasteiger charge is 2.41. The van der Waals surface area contributed by atoms with Crippen LogP contribution in [-0.2, 0) is 0 Å². The van der Waals surface area contributed by atoms with E-state index in [2.05, 4.69) is 73.8 Å². The Balaban J connectivity index is 1.62. The number of thioether (sulfide) groups is 1. The minimum absolute atomic E-state index is 0.194. The molecule has 0 amide bonds. The molecule has 0 radical (unpaired) electrons. The number of benzene rings is 3. The SMILES string of the molecule is COc1ccc([C@@H]2C3=C(Nc4nc(SC)nn42)c2cc(C)ccc2O[C@H]3c2ccc(C)cc2)cc1. The standard InChI is InChI=1S/C28H26N4O2S/c1-16-5-8-19(9-6-16)26-23-24(21-15-17(2)7-14-22(21)34-26)29-27-30-28(35-4)31-32(27)25(23)18-10-12-20(33-3)13-11-18/h5-15,25-26H,1-4H3,(H,29,30,31)/t25-,26+/m1/s1. The minimum Gasteiger partial charge on any atom is -0.497 e. The Morgan fingerprint density at radius 2 is 1.66 bits per heavy atom. The fraction of sp³-hybridized carbons (Fsp3) is 0.214. The molecule has 0 bridgehead atoms. The summed E-state index contributed by atoms with van der Waals surface area (Å²) in [6, 6.07) is 22.9. The molecule has 0 aliphatic carbocycles. The van der Waals surface area contributed by atoms with Crippen molar-refractivity contribution in [2.24, 2.45) is 0 Å². The summed E-state index contributed by atoms with van der Waals surface area (Å²) in [7, 11) is 1.68. The number of hydrogen-bond donors (Lipinski definition) is 1. The van der Waals surface area contributed by atoms with Gasteiger partial charge in [-0.3, -0.25) is 0 Å². The van der Waals surface area contributed by atoms with E-state index in [1.807, 2.05) is 23.1 Å². The van der Waals surface area contributed by atoms with Gasteiger partial charge >= 0.3 is 0 Å². The molecule has 6 nitrogen and oxygen atoms in total. The van der Waals surface area contributed by atoms with Gasteiger partial charge in [0.05, 0.1) is 12.8 Å². The van der Waals surface area contributed by atoms with Crippen LogP contribution < -0.4 is 14.8 Å². The van der Waals surface area contributed by atoms with Crippen molar-refractivity contribution in [3.05, 3.63) is 100 Å². The molecule has 0 fully saturated rings. The van der Waals surface area contributed by atoms with Gasteiger partial charge in [-0.05, 0) is 55.5 Å².